The Balaban J connectivity index is 1.91. The summed E-state index contributed by atoms with van der Waals surface area (Å²) in [6, 6.07) is 11.4. The highest BCUT2D eigenvalue weighted by molar-refractivity contribution is 7.95. The molecular formula is C18H21N3O5S2. The van der Waals surface area contributed by atoms with E-state index in [1.165, 1.54) is 30.3 Å². The molecule has 2 amide bonds. The molecule has 150 valence electrons. The lowest BCUT2D eigenvalue weighted by Gasteiger charge is -2.19. The summed E-state index contributed by atoms with van der Waals surface area (Å²) in [5.74, 6) is 0. The van der Waals surface area contributed by atoms with Crippen LogP contribution in [0.15, 0.2) is 58.3 Å². The summed E-state index contributed by atoms with van der Waals surface area (Å²) in [4.78, 5) is 13.4. The fraction of sp³-hybridized carbons (Fsp3) is 0.278. The third-order valence-corrected chi connectivity index (χ3v) is 7.05. The van der Waals surface area contributed by atoms with Crippen LogP contribution >= 0.6 is 0 Å². The topological polar surface area (TPSA) is 113 Å². The monoisotopic (exact) mass is 423 g/mol. The van der Waals surface area contributed by atoms with Gasteiger partial charge in [0.2, 0.25) is 0 Å². The number of anilines is 2. The number of sulfone groups is 1. The number of rotatable bonds is 5. The Morgan fingerprint density at radius 1 is 0.857 bits per heavy atom. The first-order valence-corrected chi connectivity index (χ1v) is 12.0. The van der Waals surface area contributed by atoms with E-state index >= 15 is 0 Å². The Kier molecular flexibility index (Phi) is 5.61. The summed E-state index contributed by atoms with van der Waals surface area (Å²) in [6.07, 6.45) is 2.82. The van der Waals surface area contributed by atoms with Gasteiger partial charge in [-0.15, -0.1) is 0 Å². The number of likely N-dealkylation sites (tertiary alicyclic amines) is 1. The van der Waals surface area contributed by atoms with E-state index in [1.54, 1.807) is 23.1 Å². The summed E-state index contributed by atoms with van der Waals surface area (Å²) in [6.45, 7) is 1.31. The molecule has 1 fully saturated rings. The number of hydrogen-bond acceptors (Lipinski definition) is 5. The van der Waals surface area contributed by atoms with Crippen molar-refractivity contribution in [1.29, 1.82) is 0 Å². The molecule has 2 aromatic rings. The van der Waals surface area contributed by atoms with Crippen molar-refractivity contribution in [2.45, 2.75) is 22.6 Å². The van der Waals surface area contributed by atoms with Crippen LogP contribution in [0.5, 0.6) is 0 Å². The van der Waals surface area contributed by atoms with E-state index in [4.69, 9.17) is 0 Å². The molecular weight excluding hydrogens is 402 g/mol. The minimum Gasteiger partial charge on any atom is -0.325 e. The van der Waals surface area contributed by atoms with Gasteiger partial charge in [0.15, 0.2) is 9.84 Å². The number of nitrogens with one attached hydrogen (secondary N) is 2. The van der Waals surface area contributed by atoms with Gasteiger partial charge in [0.05, 0.1) is 16.3 Å². The van der Waals surface area contributed by atoms with Gasteiger partial charge in [-0.1, -0.05) is 24.3 Å². The predicted molar refractivity (Wildman–Crippen MR) is 107 cm³/mol. The average Bonchev–Trinajstić information content (AvgIpc) is 3.17. The van der Waals surface area contributed by atoms with Gasteiger partial charge in [-0.3, -0.25) is 4.72 Å². The van der Waals surface area contributed by atoms with Crippen LogP contribution in [0.25, 0.3) is 0 Å². The maximum Gasteiger partial charge on any atom is 0.321 e. The molecule has 0 aliphatic carbocycles. The van der Waals surface area contributed by atoms with E-state index in [0.717, 1.165) is 19.1 Å². The van der Waals surface area contributed by atoms with Crippen molar-refractivity contribution < 1.29 is 21.6 Å². The van der Waals surface area contributed by atoms with Crippen LogP contribution in [-0.4, -0.2) is 47.1 Å². The van der Waals surface area contributed by atoms with Gasteiger partial charge in [0.25, 0.3) is 10.0 Å². The Bertz CT molecular complexity index is 1090. The van der Waals surface area contributed by atoms with E-state index in [9.17, 15) is 21.6 Å². The molecule has 0 saturated carbocycles. The van der Waals surface area contributed by atoms with Gasteiger partial charge in [-0.2, -0.15) is 0 Å². The maximum atomic E-state index is 12.9. The van der Waals surface area contributed by atoms with E-state index in [-0.39, 0.29) is 21.5 Å². The van der Waals surface area contributed by atoms with Crippen LogP contribution in [0.1, 0.15) is 12.8 Å². The second-order valence-corrected chi connectivity index (χ2v) is 10.1. The molecule has 1 saturated heterocycles. The molecule has 1 heterocycles. The van der Waals surface area contributed by atoms with Crippen molar-refractivity contribution in [1.82, 2.24) is 4.90 Å². The van der Waals surface area contributed by atoms with Crippen molar-refractivity contribution >= 4 is 37.3 Å². The molecule has 0 radical (unpaired) electrons. The van der Waals surface area contributed by atoms with Crippen molar-refractivity contribution in [2.24, 2.45) is 0 Å². The average molecular weight is 424 g/mol. The van der Waals surface area contributed by atoms with Gasteiger partial charge in [0.1, 0.15) is 4.90 Å². The molecule has 0 bridgehead atoms. The summed E-state index contributed by atoms with van der Waals surface area (Å²) in [5.41, 5.74) is 0.443. The molecule has 2 aromatic carbocycles. The molecule has 10 heteroatoms. The summed E-state index contributed by atoms with van der Waals surface area (Å²) in [5, 5.41) is 2.71. The number of urea groups is 1. The quantitative estimate of drug-likeness (QED) is 0.767. The zero-order valence-electron chi connectivity index (χ0n) is 15.3. The highest BCUT2D eigenvalue weighted by Gasteiger charge is 2.25. The Morgan fingerprint density at radius 3 is 2.00 bits per heavy atom. The Labute approximate surface area is 164 Å². The number of benzene rings is 2. The third kappa shape index (κ3) is 4.45. The third-order valence-electron chi connectivity index (χ3n) is 4.34. The number of carbonyl (C=O) groups is 1. The molecule has 28 heavy (non-hydrogen) atoms. The van der Waals surface area contributed by atoms with Crippen molar-refractivity contribution in [3.05, 3.63) is 48.5 Å². The zero-order chi connectivity index (χ0) is 20.4. The molecule has 2 N–H and O–H groups in total. The van der Waals surface area contributed by atoms with Gasteiger partial charge in [0, 0.05) is 19.3 Å². The second kappa shape index (κ2) is 7.80. The maximum absolute atomic E-state index is 12.9. The van der Waals surface area contributed by atoms with Crippen LogP contribution in [0.2, 0.25) is 0 Å². The Hall–Kier alpha value is -2.59. The van der Waals surface area contributed by atoms with Crippen LogP contribution in [0.4, 0.5) is 16.2 Å². The van der Waals surface area contributed by atoms with Crippen LogP contribution < -0.4 is 10.0 Å². The normalized spacial score (nSPS) is 14.7. The highest BCUT2D eigenvalue weighted by Crippen LogP contribution is 2.27. The second-order valence-electron chi connectivity index (χ2n) is 6.49. The van der Waals surface area contributed by atoms with Crippen LogP contribution in [0.3, 0.4) is 0 Å². The van der Waals surface area contributed by atoms with Gasteiger partial charge in [-0.05, 0) is 37.1 Å². The van der Waals surface area contributed by atoms with Crippen molar-refractivity contribution in [2.75, 3.05) is 29.4 Å². The van der Waals surface area contributed by atoms with Crippen LogP contribution in [-0.2, 0) is 19.9 Å². The SMILES string of the molecule is CS(=O)(=O)c1ccccc1S(=O)(=O)Nc1ccccc1NC(=O)N1CCCC1. The minimum atomic E-state index is -4.20. The lowest BCUT2D eigenvalue weighted by molar-refractivity contribution is 0.222. The number of amides is 2. The fourth-order valence-corrected chi connectivity index (χ4v) is 5.68. The van der Waals surface area contributed by atoms with E-state index in [0.29, 0.717) is 18.8 Å². The van der Waals surface area contributed by atoms with Crippen LogP contribution in [0, 0.1) is 0 Å². The van der Waals surface area contributed by atoms with E-state index in [1.807, 2.05) is 0 Å². The molecule has 0 atom stereocenters. The molecule has 0 unspecified atom stereocenters. The lowest BCUT2D eigenvalue weighted by atomic mass is 10.3. The summed E-state index contributed by atoms with van der Waals surface area (Å²) in [7, 11) is -7.94. The van der Waals surface area contributed by atoms with Gasteiger partial charge in [-0.25, -0.2) is 21.6 Å². The number of carbonyl (C=O) groups excluding carboxylic acids is 1. The van der Waals surface area contributed by atoms with Crippen molar-refractivity contribution in [3.8, 4) is 0 Å². The highest BCUT2D eigenvalue weighted by atomic mass is 32.2. The fourth-order valence-electron chi connectivity index (χ4n) is 2.97. The number of hydrogen-bond donors (Lipinski definition) is 2. The van der Waals surface area contributed by atoms with Crippen molar-refractivity contribution in [3.63, 3.8) is 0 Å². The number of para-hydroxylation sites is 2. The standard InChI is InChI=1S/C18H21N3O5S2/c1-27(23,24)16-10-4-5-11-17(16)28(25,26)20-15-9-3-2-8-14(15)19-18(22)21-12-6-7-13-21/h2-5,8-11,20H,6-7,12-13H2,1H3,(H,19,22). The molecule has 1 aliphatic rings. The van der Waals surface area contributed by atoms with Gasteiger partial charge >= 0.3 is 6.03 Å². The smallest absolute Gasteiger partial charge is 0.321 e. The zero-order valence-corrected chi connectivity index (χ0v) is 16.9. The van der Waals surface area contributed by atoms with Gasteiger partial charge < -0.3 is 10.2 Å². The molecule has 8 nitrogen and oxygen atoms in total. The first-order valence-electron chi connectivity index (χ1n) is 8.65. The first kappa shape index (κ1) is 20.2. The number of sulfonamides is 1. The minimum absolute atomic E-state index is 0.151. The Morgan fingerprint density at radius 2 is 1.39 bits per heavy atom. The largest absolute Gasteiger partial charge is 0.325 e. The predicted octanol–water partition coefficient (Wildman–Crippen LogP) is 2.52. The molecule has 0 spiro atoms. The first-order chi connectivity index (χ1) is 13.2. The summed E-state index contributed by atoms with van der Waals surface area (Å²) >= 11 is 0. The molecule has 1 aliphatic heterocycles. The van der Waals surface area contributed by atoms with E-state index < -0.39 is 19.9 Å². The molecule has 3 rings (SSSR count). The number of nitrogens with zero attached hydrogens (tertiary/aromatic N) is 1. The summed E-state index contributed by atoms with van der Waals surface area (Å²) < 4.78 is 52.0. The molecule has 0 aromatic heterocycles. The lowest BCUT2D eigenvalue weighted by Crippen LogP contribution is -2.32. The van der Waals surface area contributed by atoms with E-state index in [2.05, 4.69) is 10.0 Å².